The van der Waals surface area contributed by atoms with Crippen LogP contribution in [-0.4, -0.2) is 29.6 Å². The minimum atomic E-state index is -0.594. The summed E-state index contributed by atoms with van der Waals surface area (Å²) in [5.74, 6) is 0.553. The van der Waals surface area contributed by atoms with E-state index in [1.807, 2.05) is 27.7 Å². The Morgan fingerprint density at radius 3 is 2.11 bits per heavy atom. The first-order chi connectivity index (χ1) is 8.23. The van der Waals surface area contributed by atoms with Crippen LogP contribution in [0.1, 0.15) is 48.0 Å². The van der Waals surface area contributed by atoms with Gasteiger partial charge in [0.1, 0.15) is 0 Å². The van der Waals surface area contributed by atoms with Crippen molar-refractivity contribution in [3.8, 4) is 0 Å². The molecule has 0 aromatic carbocycles. The minimum Gasteiger partial charge on any atom is -0.388 e. The van der Waals surface area contributed by atoms with Gasteiger partial charge < -0.3 is 10.4 Å². The Morgan fingerprint density at radius 1 is 1.17 bits per heavy atom. The molecule has 18 heavy (non-hydrogen) atoms. The third-order valence-corrected chi connectivity index (χ3v) is 2.60. The second-order valence-corrected chi connectivity index (χ2v) is 5.94. The summed E-state index contributed by atoms with van der Waals surface area (Å²) < 4.78 is 0. The highest BCUT2D eigenvalue weighted by Crippen LogP contribution is 2.16. The van der Waals surface area contributed by atoms with Gasteiger partial charge in [0.05, 0.1) is 6.10 Å². The molecule has 0 heterocycles. The van der Waals surface area contributed by atoms with Crippen LogP contribution in [-0.2, 0) is 4.79 Å². The van der Waals surface area contributed by atoms with Crippen molar-refractivity contribution in [3.63, 3.8) is 0 Å². The molecule has 0 saturated carbocycles. The van der Waals surface area contributed by atoms with Crippen LogP contribution in [0.3, 0.4) is 0 Å². The molecule has 0 fully saturated rings. The Hall–Kier alpha value is -0.670. The summed E-state index contributed by atoms with van der Waals surface area (Å²) in [4.78, 5) is 12.1. The predicted molar refractivity (Wildman–Crippen MR) is 76.5 cm³/mol. The van der Waals surface area contributed by atoms with E-state index in [1.54, 1.807) is 6.08 Å². The Morgan fingerprint density at radius 2 is 1.72 bits per heavy atom. The Bertz CT molecular complexity index is 280. The lowest BCUT2D eigenvalue weighted by atomic mass is 9.92. The summed E-state index contributed by atoms with van der Waals surface area (Å²) in [5.41, 5.74) is 0.762. The molecule has 0 unspecified atom stereocenters. The lowest BCUT2D eigenvalue weighted by Crippen LogP contribution is -2.31. The number of carbonyl (C=O) groups excluding carboxylic acids is 1. The molecule has 0 aromatic heterocycles. The van der Waals surface area contributed by atoms with E-state index in [1.165, 1.54) is 0 Å². The number of nitrogens with one attached hydrogen (secondary N) is 1. The maximum Gasteiger partial charge on any atom is 0.161 e. The van der Waals surface area contributed by atoms with E-state index in [4.69, 9.17) is 0 Å². The molecule has 0 spiro atoms. The topological polar surface area (TPSA) is 49.3 Å². The van der Waals surface area contributed by atoms with Crippen molar-refractivity contribution in [1.29, 1.82) is 0 Å². The molecule has 0 saturated heterocycles. The van der Waals surface area contributed by atoms with Crippen LogP contribution >= 0.6 is 0 Å². The molecule has 0 amide bonds. The fourth-order valence-corrected chi connectivity index (χ4v) is 1.71. The van der Waals surface area contributed by atoms with E-state index in [0.29, 0.717) is 18.5 Å². The molecule has 0 aromatic rings. The summed E-state index contributed by atoms with van der Waals surface area (Å²) in [6.07, 6.45) is 1.86. The van der Waals surface area contributed by atoms with Crippen molar-refractivity contribution in [1.82, 2.24) is 5.32 Å². The number of carbonyl (C=O) groups is 1. The van der Waals surface area contributed by atoms with Crippen LogP contribution in [0.4, 0.5) is 0 Å². The Balaban J connectivity index is 4.67. The molecular weight excluding hydrogens is 226 g/mol. The number of hydrogen-bond acceptors (Lipinski definition) is 3. The van der Waals surface area contributed by atoms with Gasteiger partial charge in [0.2, 0.25) is 0 Å². The zero-order chi connectivity index (χ0) is 14.3. The van der Waals surface area contributed by atoms with Crippen LogP contribution in [0.15, 0.2) is 11.6 Å². The molecule has 3 nitrogen and oxygen atoms in total. The number of hydrogen-bond donors (Lipinski definition) is 2. The smallest absolute Gasteiger partial charge is 0.161 e. The third kappa shape index (κ3) is 7.62. The van der Waals surface area contributed by atoms with Gasteiger partial charge in [-0.3, -0.25) is 4.79 Å². The van der Waals surface area contributed by atoms with Gasteiger partial charge in [-0.2, -0.15) is 0 Å². The molecule has 0 aliphatic heterocycles. The number of aliphatic hydroxyl groups excluding tert-OH is 1. The molecular formula is C15H29NO2. The summed E-state index contributed by atoms with van der Waals surface area (Å²) in [5, 5.41) is 13.1. The van der Waals surface area contributed by atoms with E-state index in [2.05, 4.69) is 19.2 Å². The molecule has 0 aliphatic carbocycles. The van der Waals surface area contributed by atoms with E-state index in [-0.39, 0.29) is 11.7 Å². The number of rotatable bonds is 8. The Labute approximate surface area is 112 Å². The zero-order valence-corrected chi connectivity index (χ0v) is 12.7. The van der Waals surface area contributed by atoms with Gasteiger partial charge >= 0.3 is 0 Å². The van der Waals surface area contributed by atoms with Gasteiger partial charge in [-0.05, 0) is 24.0 Å². The quantitative estimate of drug-likeness (QED) is 0.655. The molecule has 0 radical (unpaired) electrons. The number of ketones is 1. The monoisotopic (exact) mass is 255 g/mol. The maximum absolute atomic E-state index is 12.1. The Kier molecular flexibility index (Phi) is 8.12. The normalized spacial score (nSPS) is 14.7. The highest BCUT2D eigenvalue weighted by Gasteiger charge is 2.16. The van der Waals surface area contributed by atoms with Crippen molar-refractivity contribution in [2.24, 2.45) is 11.8 Å². The van der Waals surface area contributed by atoms with E-state index in [9.17, 15) is 9.90 Å². The molecule has 106 valence electrons. The average Bonchev–Trinajstić information content (AvgIpc) is 2.23. The first-order valence-electron chi connectivity index (χ1n) is 6.90. The van der Waals surface area contributed by atoms with Crippen LogP contribution in [0, 0.1) is 11.8 Å². The summed E-state index contributed by atoms with van der Waals surface area (Å²) in [6, 6.07) is 0.336. The second-order valence-electron chi connectivity index (χ2n) is 5.94. The van der Waals surface area contributed by atoms with E-state index < -0.39 is 6.10 Å². The van der Waals surface area contributed by atoms with Crippen molar-refractivity contribution in [3.05, 3.63) is 11.6 Å². The first kappa shape index (κ1) is 17.3. The largest absolute Gasteiger partial charge is 0.388 e. The summed E-state index contributed by atoms with van der Waals surface area (Å²) in [6.45, 7) is 12.5. The number of aliphatic hydroxyl groups is 1. The third-order valence-electron chi connectivity index (χ3n) is 2.60. The average molecular weight is 255 g/mol. The maximum atomic E-state index is 12.1. The molecule has 0 rings (SSSR count). The summed E-state index contributed by atoms with van der Waals surface area (Å²) >= 11 is 0. The van der Waals surface area contributed by atoms with Crippen molar-refractivity contribution < 1.29 is 9.90 Å². The molecule has 0 aliphatic rings. The lowest BCUT2D eigenvalue weighted by Gasteiger charge is -2.15. The van der Waals surface area contributed by atoms with Crippen LogP contribution < -0.4 is 5.32 Å². The zero-order valence-electron chi connectivity index (χ0n) is 12.7. The fraction of sp³-hybridized carbons (Fsp3) is 0.800. The molecule has 1 atom stereocenters. The lowest BCUT2D eigenvalue weighted by molar-refractivity contribution is -0.118. The van der Waals surface area contributed by atoms with Gasteiger partial charge in [-0.25, -0.2) is 0 Å². The van der Waals surface area contributed by atoms with E-state index >= 15 is 0 Å². The van der Waals surface area contributed by atoms with Crippen LogP contribution in [0.2, 0.25) is 0 Å². The standard InChI is InChI=1S/C15H29NO2/c1-10(2)7-13(15(18)11(3)4)8-14(17)9-16-12(5)6/h8,10-12,14,16-17H,7,9H2,1-6H3/b13-8+/t14-/m1/s1. The minimum absolute atomic E-state index is 0.0137. The molecule has 0 bridgehead atoms. The van der Waals surface area contributed by atoms with Gasteiger partial charge in [-0.15, -0.1) is 0 Å². The van der Waals surface area contributed by atoms with Crippen LogP contribution in [0.5, 0.6) is 0 Å². The van der Waals surface area contributed by atoms with Crippen molar-refractivity contribution in [2.75, 3.05) is 6.54 Å². The number of Topliss-reactive ketones (excluding diaryl/α,β-unsaturated/α-hetero) is 1. The van der Waals surface area contributed by atoms with Gasteiger partial charge in [0, 0.05) is 18.5 Å². The molecule has 2 N–H and O–H groups in total. The summed E-state index contributed by atoms with van der Waals surface area (Å²) in [7, 11) is 0. The fourth-order valence-electron chi connectivity index (χ4n) is 1.71. The SMILES string of the molecule is CC(C)C/C(=C\[C@@H](O)CNC(C)C)C(=O)C(C)C. The van der Waals surface area contributed by atoms with E-state index in [0.717, 1.165) is 12.0 Å². The van der Waals surface area contributed by atoms with Gasteiger partial charge in [0.25, 0.3) is 0 Å². The number of allylic oxidation sites excluding steroid dienone is 1. The van der Waals surface area contributed by atoms with Gasteiger partial charge in [-0.1, -0.05) is 41.5 Å². The van der Waals surface area contributed by atoms with Crippen molar-refractivity contribution >= 4 is 5.78 Å². The molecule has 3 heteroatoms. The second kappa shape index (κ2) is 8.44. The first-order valence-corrected chi connectivity index (χ1v) is 6.90. The van der Waals surface area contributed by atoms with Gasteiger partial charge in [0.15, 0.2) is 5.78 Å². The van der Waals surface area contributed by atoms with Crippen molar-refractivity contribution in [2.45, 2.75) is 60.1 Å². The van der Waals surface area contributed by atoms with Crippen LogP contribution in [0.25, 0.3) is 0 Å². The highest BCUT2D eigenvalue weighted by molar-refractivity contribution is 5.96. The predicted octanol–water partition coefficient (Wildman–Crippen LogP) is 2.54. The highest BCUT2D eigenvalue weighted by atomic mass is 16.3.